The number of aliphatic hydroxyl groups excluding tert-OH is 1. The number of rotatable bonds is 4. The molecular formula is C23H26O7. The average molecular weight is 414 g/mol. The van der Waals surface area contributed by atoms with E-state index in [0.717, 1.165) is 0 Å². The maximum atomic E-state index is 13.7. The summed E-state index contributed by atoms with van der Waals surface area (Å²) in [7, 11) is 2.60. The first-order valence-electron chi connectivity index (χ1n) is 9.89. The normalized spacial score (nSPS) is 22.5. The Labute approximate surface area is 175 Å². The van der Waals surface area contributed by atoms with Gasteiger partial charge in [0.1, 0.15) is 17.1 Å². The molecule has 2 aliphatic rings. The van der Waals surface area contributed by atoms with Crippen molar-refractivity contribution in [2.24, 2.45) is 17.3 Å². The van der Waals surface area contributed by atoms with Gasteiger partial charge in [0.25, 0.3) is 0 Å². The molecule has 1 N–H and O–H groups in total. The van der Waals surface area contributed by atoms with E-state index in [1.807, 2.05) is 6.92 Å². The number of esters is 1. The van der Waals surface area contributed by atoms with E-state index in [4.69, 9.17) is 9.47 Å². The molecule has 0 bridgehead atoms. The van der Waals surface area contributed by atoms with Gasteiger partial charge >= 0.3 is 5.97 Å². The lowest BCUT2D eigenvalue weighted by Gasteiger charge is -2.44. The number of fused-ring (bicyclic) bond motifs is 2. The Bertz CT molecular complexity index is 1010. The van der Waals surface area contributed by atoms with Crippen molar-refractivity contribution in [1.29, 1.82) is 0 Å². The van der Waals surface area contributed by atoms with Crippen molar-refractivity contribution in [3.63, 3.8) is 0 Å². The van der Waals surface area contributed by atoms with E-state index in [-0.39, 0.29) is 39.6 Å². The molecule has 2 atom stereocenters. The van der Waals surface area contributed by atoms with Crippen LogP contribution >= 0.6 is 0 Å². The Morgan fingerprint density at radius 3 is 2.33 bits per heavy atom. The Kier molecular flexibility index (Phi) is 5.35. The smallest absolute Gasteiger partial charge is 0.341 e. The average Bonchev–Trinajstić information content (AvgIpc) is 2.72. The number of ketones is 3. The zero-order valence-electron chi connectivity index (χ0n) is 18.0. The molecule has 0 fully saturated rings. The zero-order valence-corrected chi connectivity index (χ0v) is 18.0. The third-order valence-corrected chi connectivity index (χ3v) is 6.30. The van der Waals surface area contributed by atoms with Gasteiger partial charge in [0.2, 0.25) is 0 Å². The zero-order chi connectivity index (χ0) is 22.5. The minimum absolute atomic E-state index is 0.0876. The highest BCUT2D eigenvalue weighted by Gasteiger charge is 2.57. The van der Waals surface area contributed by atoms with E-state index >= 15 is 0 Å². The summed E-state index contributed by atoms with van der Waals surface area (Å²) in [6.07, 6.45) is 0.941. The molecule has 0 aromatic heterocycles. The van der Waals surface area contributed by atoms with Crippen LogP contribution in [0.4, 0.5) is 0 Å². The molecule has 160 valence electrons. The maximum Gasteiger partial charge on any atom is 0.341 e. The SMILES string of the molecule is CCCc1c(C(=O)OC)c(OC)cc2c1C(=O)C1C(O)=C(C)C(=O)C(C)(C)C1C2=O. The molecule has 0 amide bonds. The number of hydrogen-bond donors (Lipinski definition) is 1. The summed E-state index contributed by atoms with van der Waals surface area (Å²) in [5.41, 5.74) is -0.382. The molecule has 1 aromatic rings. The van der Waals surface area contributed by atoms with Gasteiger partial charge in [-0.25, -0.2) is 4.79 Å². The largest absolute Gasteiger partial charge is 0.511 e. The second kappa shape index (κ2) is 7.38. The number of hydrogen-bond acceptors (Lipinski definition) is 7. The molecule has 30 heavy (non-hydrogen) atoms. The first-order chi connectivity index (χ1) is 14.0. The van der Waals surface area contributed by atoms with Gasteiger partial charge in [-0.2, -0.15) is 0 Å². The van der Waals surface area contributed by atoms with Crippen molar-refractivity contribution in [1.82, 2.24) is 0 Å². The van der Waals surface area contributed by atoms with Gasteiger partial charge in [-0.15, -0.1) is 0 Å². The Morgan fingerprint density at radius 1 is 1.17 bits per heavy atom. The molecular weight excluding hydrogens is 388 g/mol. The van der Waals surface area contributed by atoms with E-state index in [1.54, 1.807) is 13.8 Å². The van der Waals surface area contributed by atoms with Crippen molar-refractivity contribution >= 4 is 23.3 Å². The number of carbonyl (C=O) groups excluding carboxylic acids is 4. The quantitative estimate of drug-likeness (QED) is 0.752. The minimum Gasteiger partial charge on any atom is -0.511 e. The van der Waals surface area contributed by atoms with Crippen LogP contribution in [-0.2, 0) is 16.0 Å². The molecule has 7 nitrogen and oxygen atoms in total. The number of allylic oxidation sites excluding steroid dienone is 2. The second-order valence-corrected chi connectivity index (χ2v) is 8.34. The van der Waals surface area contributed by atoms with Gasteiger partial charge in [0.05, 0.1) is 26.1 Å². The lowest BCUT2D eigenvalue weighted by molar-refractivity contribution is -0.127. The number of carbonyl (C=O) groups is 4. The topological polar surface area (TPSA) is 107 Å². The molecule has 0 saturated heterocycles. The van der Waals surface area contributed by atoms with Crippen LogP contribution in [0.5, 0.6) is 5.75 Å². The second-order valence-electron chi connectivity index (χ2n) is 8.34. The van der Waals surface area contributed by atoms with Crippen LogP contribution < -0.4 is 4.74 Å². The van der Waals surface area contributed by atoms with Gasteiger partial charge in [0.15, 0.2) is 17.3 Å². The minimum atomic E-state index is -1.16. The fourth-order valence-electron chi connectivity index (χ4n) is 4.80. The Morgan fingerprint density at radius 2 is 1.80 bits per heavy atom. The summed E-state index contributed by atoms with van der Waals surface area (Å²) in [6, 6.07) is 1.37. The summed E-state index contributed by atoms with van der Waals surface area (Å²) in [6.45, 7) is 6.58. The molecule has 2 unspecified atom stereocenters. The predicted octanol–water partition coefficient (Wildman–Crippen LogP) is 3.49. The lowest BCUT2D eigenvalue weighted by Crippen LogP contribution is -2.52. The van der Waals surface area contributed by atoms with Gasteiger partial charge in [-0.1, -0.05) is 27.2 Å². The molecule has 0 spiro atoms. The van der Waals surface area contributed by atoms with E-state index in [2.05, 4.69) is 0 Å². The summed E-state index contributed by atoms with van der Waals surface area (Å²) in [5.74, 6) is -4.34. The van der Waals surface area contributed by atoms with Gasteiger partial charge in [0, 0.05) is 22.1 Å². The number of aliphatic hydroxyl groups is 1. The molecule has 2 aliphatic carbocycles. The van der Waals surface area contributed by atoms with E-state index in [1.165, 1.54) is 27.2 Å². The summed E-state index contributed by atoms with van der Waals surface area (Å²) >= 11 is 0. The Hall–Kier alpha value is -2.96. The van der Waals surface area contributed by atoms with Crippen LogP contribution in [0, 0.1) is 17.3 Å². The monoisotopic (exact) mass is 414 g/mol. The van der Waals surface area contributed by atoms with Crippen molar-refractivity contribution in [2.45, 2.75) is 40.5 Å². The highest BCUT2D eigenvalue weighted by molar-refractivity contribution is 6.22. The fraction of sp³-hybridized carbons (Fsp3) is 0.478. The molecule has 0 saturated carbocycles. The summed E-state index contributed by atoms with van der Waals surface area (Å²) in [5, 5.41) is 10.7. The first-order valence-corrected chi connectivity index (χ1v) is 9.89. The van der Waals surface area contributed by atoms with Crippen LogP contribution in [0.15, 0.2) is 17.4 Å². The van der Waals surface area contributed by atoms with Crippen molar-refractivity contribution in [3.05, 3.63) is 39.7 Å². The molecule has 0 heterocycles. The number of benzene rings is 1. The van der Waals surface area contributed by atoms with E-state index in [9.17, 15) is 24.3 Å². The maximum absolute atomic E-state index is 13.7. The molecule has 7 heteroatoms. The molecule has 3 rings (SSSR count). The number of ether oxygens (including phenoxy) is 2. The Balaban J connectivity index is 2.41. The molecule has 1 aromatic carbocycles. The van der Waals surface area contributed by atoms with E-state index in [0.29, 0.717) is 18.4 Å². The standard InChI is InChI=1S/C23H26O7/c1-7-8-11-14-12(9-13(29-5)15(11)22(28)30-6)19(25)17-16(20(14)26)18(24)10(2)21(27)23(17,3)4/h9,16-17,24H,7-8H2,1-6H3. The van der Waals surface area contributed by atoms with Crippen molar-refractivity contribution in [3.8, 4) is 5.75 Å². The van der Waals surface area contributed by atoms with Crippen LogP contribution in [-0.4, -0.2) is 42.6 Å². The summed E-state index contributed by atoms with van der Waals surface area (Å²) in [4.78, 5) is 52.5. The number of Topliss-reactive ketones (excluding diaryl/α,β-unsaturated/α-hetero) is 3. The highest BCUT2D eigenvalue weighted by atomic mass is 16.5. The highest BCUT2D eigenvalue weighted by Crippen LogP contribution is 2.50. The van der Waals surface area contributed by atoms with Crippen molar-refractivity contribution in [2.75, 3.05) is 14.2 Å². The predicted molar refractivity (Wildman–Crippen MR) is 108 cm³/mol. The lowest BCUT2D eigenvalue weighted by atomic mass is 9.56. The summed E-state index contributed by atoms with van der Waals surface area (Å²) < 4.78 is 10.3. The number of methoxy groups -OCH3 is 2. The van der Waals surface area contributed by atoms with Gasteiger partial charge in [-0.3, -0.25) is 14.4 Å². The molecule has 0 aliphatic heterocycles. The van der Waals surface area contributed by atoms with Crippen LogP contribution in [0.1, 0.15) is 70.8 Å². The van der Waals surface area contributed by atoms with E-state index < -0.39 is 34.8 Å². The van der Waals surface area contributed by atoms with Crippen LogP contribution in [0.2, 0.25) is 0 Å². The van der Waals surface area contributed by atoms with Crippen LogP contribution in [0.3, 0.4) is 0 Å². The first kappa shape index (κ1) is 21.7. The third kappa shape index (κ3) is 2.79. The molecule has 0 radical (unpaired) electrons. The third-order valence-electron chi connectivity index (χ3n) is 6.30. The van der Waals surface area contributed by atoms with Gasteiger partial charge < -0.3 is 14.6 Å². The van der Waals surface area contributed by atoms with Crippen LogP contribution in [0.25, 0.3) is 0 Å². The fourth-order valence-corrected chi connectivity index (χ4v) is 4.80. The van der Waals surface area contributed by atoms with Gasteiger partial charge in [-0.05, 0) is 25.0 Å². The van der Waals surface area contributed by atoms with Crippen molar-refractivity contribution < 1.29 is 33.8 Å².